The molecule has 0 aromatic heterocycles. The van der Waals surface area contributed by atoms with Gasteiger partial charge in [-0.05, 0) is 55.6 Å². The van der Waals surface area contributed by atoms with E-state index < -0.39 is 0 Å². The van der Waals surface area contributed by atoms with Crippen LogP contribution < -0.4 is 10.6 Å². The van der Waals surface area contributed by atoms with Crippen LogP contribution in [0.4, 0.5) is 0 Å². The van der Waals surface area contributed by atoms with E-state index in [-0.39, 0.29) is 30.0 Å². The number of hydrogen-bond acceptors (Lipinski definition) is 2. The van der Waals surface area contributed by atoms with Gasteiger partial charge >= 0.3 is 0 Å². The highest BCUT2D eigenvalue weighted by Gasteiger charge is 2.18. The molecule has 26 heavy (non-hydrogen) atoms. The van der Waals surface area contributed by atoms with E-state index >= 15 is 0 Å². The monoisotopic (exact) mass is 466 g/mol. The molecule has 5 heteroatoms. The maximum atomic E-state index is 4.42. The summed E-state index contributed by atoms with van der Waals surface area (Å²) in [6, 6.07) is 15.2. The summed E-state index contributed by atoms with van der Waals surface area (Å²) in [7, 11) is 4.06. The van der Waals surface area contributed by atoms with Crippen molar-refractivity contribution < 1.29 is 0 Å². The van der Waals surface area contributed by atoms with Gasteiger partial charge in [0.25, 0.3) is 0 Å². The number of nitrogens with zero attached hydrogens (tertiary/aromatic N) is 2. The second kappa shape index (κ2) is 10.1. The van der Waals surface area contributed by atoms with Crippen molar-refractivity contribution in [1.29, 1.82) is 0 Å². The molecule has 3 rings (SSSR count). The van der Waals surface area contributed by atoms with Crippen molar-refractivity contribution in [2.45, 2.75) is 25.8 Å². The number of nitrogens with one attached hydrogen (secondary N) is 2. The highest BCUT2D eigenvalue weighted by molar-refractivity contribution is 14.0. The Labute approximate surface area is 174 Å². The van der Waals surface area contributed by atoms with Gasteiger partial charge in [-0.2, -0.15) is 0 Å². The standard InChI is InChI=1S/C21H30N4.HI/c1-16(19-12-6-10-18-9-4-5-11-20(18)19)24-21(22-2)23-14-17-8-7-13-25(3)15-17;/h4-6,9-12,16-17H,7-8,13-15H2,1-3H3,(H2,22,23,24);1H. The van der Waals surface area contributed by atoms with Crippen LogP contribution in [0.15, 0.2) is 47.5 Å². The fourth-order valence-corrected chi connectivity index (χ4v) is 3.79. The summed E-state index contributed by atoms with van der Waals surface area (Å²) in [4.78, 5) is 6.84. The van der Waals surface area contributed by atoms with Crippen molar-refractivity contribution in [3.05, 3.63) is 48.0 Å². The number of rotatable bonds is 4. The first-order valence-corrected chi connectivity index (χ1v) is 9.30. The van der Waals surface area contributed by atoms with E-state index in [9.17, 15) is 0 Å². The predicted molar refractivity (Wildman–Crippen MR) is 122 cm³/mol. The van der Waals surface area contributed by atoms with E-state index in [4.69, 9.17) is 0 Å². The van der Waals surface area contributed by atoms with Gasteiger partial charge in [0.15, 0.2) is 5.96 Å². The third-order valence-corrected chi connectivity index (χ3v) is 5.15. The van der Waals surface area contributed by atoms with Crippen molar-refractivity contribution in [2.75, 3.05) is 33.7 Å². The van der Waals surface area contributed by atoms with Crippen LogP contribution in [0, 0.1) is 5.92 Å². The van der Waals surface area contributed by atoms with E-state index in [2.05, 4.69) is 77.0 Å². The zero-order valence-electron chi connectivity index (χ0n) is 16.0. The number of benzene rings is 2. The Bertz CT molecular complexity index is 726. The molecule has 0 amide bonds. The lowest BCUT2D eigenvalue weighted by molar-refractivity contribution is 0.210. The third kappa shape index (κ3) is 5.33. The van der Waals surface area contributed by atoms with Crippen LogP contribution in [0.3, 0.4) is 0 Å². The Morgan fingerprint density at radius 2 is 2.00 bits per heavy atom. The molecule has 0 bridgehead atoms. The summed E-state index contributed by atoms with van der Waals surface area (Å²) >= 11 is 0. The summed E-state index contributed by atoms with van der Waals surface area (Å²) < 4.78 is 0. The Morgan fingerprint density at radius 3 is 2.77 bits per heavy atom. The number of halogens is 1. The number of piperidine rings is 1. The lowest BCUT2D eigenvalue weighted by atomic mass is 9.98. The lowest BCUT2D eigenvalue weighted by Crippen LogP contribution is -2.44. The van der Waals surface area contributed by atoms with Crippen LogP contribution in [-0.2, 0) is 0 Å². The van der Waals surface area contributed by atoms with Crippen molar-refractivity contribution in [1.82, 2.24) is 15.5 Å². The van der Waals surface area contributed by atoms with E-state index in [1.54, 1.807) is 0 Å². The van der Waals surface area contributed by atoms with E-state index in [1.165, 1.54) is 42.3 Å². The molecular formula is C21H31IN4. The molecule has 1 saturated heterocycles. The van der Waals surface area contributed by atoms with Gasteiger partial charge in [0.1, 0.15) is 0 Å². The van der Waals surface area contributed by atoms with E-state index in [0.29, 0.717) is 5.92 Å². The van der Waals surface area contributed by atoms with Gasteiger partial charge in [-0.15, -0.1) is 24.0 Å². The summed E-state index contributed by atoms with van der Waals surface area (Å²) in [5.41, 5.74) is 1.30. The average molecular weight is 466 g/mol. The molecule has 2 atom stereocenters. The molecule has 4 nitrogen and oxygen atoms in total. The molecule has 1 fully saturated rings. The molecule has 0 saturated carbocycles. The van der Waals surface area contributed by atoms with Crippen molar-refractivity contribution in [3.63, 3.8) is 0 Å². The van der Waals surface area contributed by atoms with Crippen LogP contribution >= 0.6 is 24.0 Å². The molecule has 1 aliphatic heterocycles. The molecule has 2 aromatic rings. The van der Waals surface area contributed by atoms with Gasteiger partial charge in [-0.1, -0.05) is 42.5 Å². The largest absolute Gasteiger partial charge is 0.356 e. The maximum absolute atomic E-state index is 4.42. The first-order chi connectivity index (χ1) is 12.2. The summed E-state index contributed by atoms with van der Waals surface area (Å²) in [5.74, 6) is 1.58. The number of aliphatic imine (C=N–C) groups is 1. The van der Waals surface area contributed by atoms with Crippen LogP contribution in [0.1, 0.15) is 31.4 Å². The fraction of sp³-hybridized carbons (Fsp3) is 0.476. The predicted octanol–water partition coefficient (Wildman–Crippen LogP) is 4.03. The molecule has 0 spiro atoms. The normalized spacial score (nSPS) is 19.7. The third-order valence-electron chi connectivity index (χ3n) is 5.15. The van der Waals surface area contributed by atoms with Crippen LogP contribution in [-0.4, -0.2) is 44.6 Å². The fourth-order valence-electron chi connectivity index (χ4n) is 3.79. The van der Waals surface area contributed by atoms with Gasteiger partial charge in [0.2, 0.25) is 0 Å². The van der Waals surface area contributed by atoms with Crippen LogP contribution in [0.25, 0.3) is 10.8 Å². The highest BCUT2D eigenvalue weighted by Crippen LogP contribution is 2.24. The smallest absolute Gasteiger partial charge is 0.191 e. The Hall–Kier alpha value is -1.34. The van der Waals surface area contributed by atoms with Crippen LogP contribution in [0.2, 0.25) is 0 Å². The highest BCUT2D eigenvalue weighted by atomic mass is 127. The SMILES string of the molecule is CN=C(NCC1CCCN(C)C1)NC(C)c1cccc2ccccc12.I. The zero-order valence-corrected chi connectivity index (χ0v) is 18.4. The molecule has 1 heterocycles. The van der Waals surface area contributed by atoms with Gasteiger partial charge in [0, 0.05) is 20.1 Å². The number of hydrogen-bond donors (Lipinski definition) is 2. The molecule has 2 unspecified atom stereocenters. The van der Waals surface area contributed by atoms with Crippen molar-refractivity contribution in [2.24, 2.45) is 10.9 Å². The molecule has 2 N–H and O–H groups in total. The summed E-state index contributed by atoms with van der Waals surface area (Å²) in [6.45, 7) is 5.57. The molecule has 2 aromatic carbocycles. The van der Waals surface area contributed by atoms with E-state index in [0.717, 1.165) is 12.5 Å². The van der Waals surface area contributed by atoms with Gasteiger partial charge in [-0.3, -0.25) is 4.99 Å². The Morgan fingerprint density at radius 1 is 1.23 bits per heavy atom. The zero-order chi connectivity index (χ0) is 17.6. The second-order valence-corrected chi connectivity index (χ2v) is 7.16. The average Bonchev–Trinajstić information content (AvgIpc) is 2.64. The number of fused-ring (bicyclic) bond motifs is 1. The topological polar surface area (TPSA) is 39.7 Å². The van der Waals surface area contributed by atoms with Gasteiger partial charge in [-0.25, -0.2) is 0 Å². The molecule has 142 valence electrons. The van der Waals surface area contributed by atoms with Gasteiger partial charge in [0.05, 0.1) is 6.04 Å². The van der Waals surface area contributed by atoms with Gasteiger partial charge < -0.3 is 15.5 Å². The molecule has 1 aliphatic rings. The second-order valence-electron chi connectivity index (χ2n) is 7.16. The number of guanidine groups is 1. The maximum Gasteiger partial charge on any atom is 0.191 e. The minimum absolute atomic E-state index is 0. The van der Waals surface area contributed by atoms with Crippen molar-refractivity contribution in [3.8, 4) is 0 Å². The lowest BCUT2D eigenvalue weighted by Gasteiger charge is -2.30. The quantitative estimate of drug-likeness (QED) is 0.406. The Balaban J connectivity index is 0.00000243. The Kier molecular flexibility index (Phi) is 8.15. The van der Waals surface area contributed by atoms with Crippen LogP contribution in [0.5, 0.6) is 0 Å². The summed E-state index contributed by atoms with van der Waals surface area (Å²) in [5, 5.41) is 9.65. The first-order valence-electron chi connectivity index (χ1n) is 9.30. The number of likely N-dealkylation sites (tertiary alicyclic amines) is 1. The molecular weight excluding hydrogens is 435 g/mol. The van der Waals surface area contributed by atoms with E-state index in [1.807, 2.05) is 7.05 Å². The van der Waals surface area contributed by atoms with Crippen molar-refractivity contribution >= 4 is 40.7 Å². The summed E-state index contributed by atoms with van der Waals surface area (Å²) in [6.07, 6.45) is 2.59. The molecule has 0 aliphatic carbocycles. The first kappa shape index (κ1) is 21.0. The minimum Gasteiger partial charge on any atom is -0.356 e. The minimum atomic E-state index is 0. The molecule has 0 radical (unpaired) electrons.